The predicted molar refractivity (Wildman–Crippen MR) is 76.8 cm³/mol. The lowest BCUT2D eigenvalue weighted by atomic mass is 9.78. The number of likely N-dealkylation sites (tertiary alicyclic amines) is 1. The van der Waals surface area contributed by atoms with E-state index in [9.17, 15) is 9.18 Å². The van der Waals surface area contributed by atoms with Crippen molar-refractivity contribution in [2.24, 2.45) is 5.92 Å². The normalized spacial score (nSPS) is 26.1. The molecule has 20 heavy (non-hydrogen) atoms. The smallest absolute Gasteiger partial charge is 0.227 e. The lowest BCUT2D eigenvalue weighted by molar-refractivity contribution is -0.136. The standard InChI is InChI=1S/C17H22FNO/c18-15-8-3-5-13(11-15)12-17(20)19-10-4-7-14-6-1-2-9-16(14)19/h3,5,8,11,14,16H,1-2,4,6-7,9-10,12H2. The summed E-state index contributed by atoms with van der Waals surface area (Å²) in [6.07, 6.45) is 7.71. The number of rotatable bonds is 2. The molecule has 0 aromatic heterocycles. The number of amides is 1. The Hall–Kier alpha value is -1.38. The third-order valence-corrected chi connectivity index (χ3v) is 4.81. The Morgan fingerprint density at radius 1 is 1.20 bits per heavy atom. The molecule has 2 unspecified atom stereocenters. The maximum atomic E-state index is 13.2. The Morgan fingerprint density at radius 3 is 2.85 bits per heavy atom. The van der Waals surface area contributed by atoms with Gasteiger partial charge in [0.2, 0.25) is 5.91 Å². The quantitative estimate of drug-likeness (QED) is 0.808. The maximum Gasteiger partial charge on any atom is 0.227 e. The molecular weight excluding hydrogens is 253 g/mol. The number of fused-ring (bicyclic) bond motifs is 1. The molecule has 1 amide bonds. The van der Waals surface area contributed by atoms with E-state index in [-0.39, 0.29) is 11.7 Å². The third kappa shape index (κ3) is 2.87. The van der Waals surface area contributed by atoms with Gasteiger partial charge in [0.25, 0.3) is 0 Å². The van der Waals surface area contributed by atoms with Crippen molar-refractivity contribution in [2.75, 3.05) is 6.54 Å². The van der Waals surface area contributed by atoms with Gasteiger partial charge in [-0.05, 0) is 49.3 Å². The maximum absolute atomic E-state index is 13.2. The second kappa shape index (κ2) is 5.94. The Morgan fingerprint density at radius 2 is 2.00 bits per heavy atom. The highest BCUT2D eigenvalue weighted by molar-refractivity contribution is 5.79. The number of carbonyl (C=O) groups excluding carboxylic acids is 1. The van der Waals surface area contributed by atoms with Crippen molar-refractivity contribution in [3.63, 3.8) is 0 Å². The zero-order valence-electron chi connectivity index (χ0n) is 11.9. The fourth-order valence-electron chi connectivity index (χ4n) is 3.86. The van der Waals surface area contributed by atoms with Crippen molar-refractivity contribution < 1.29 is 9.18 Å². The van der Waals surface area contributed by atoms with Crippen molar-refractivity contribution >= 4 is 5.91 Å². The summed E-state index contributed by atoms with van der Waals surface area (Å²) in [5.41, 5.74) is 0.785. The molecule has 0 spiro atoms. The molecule has 1 aromatic rings. The lowest BCUT2D eigenvalue weighted by Crippen LogP contribution is -2.50. The molecule has 1 heterocycles. The molecule has 0 bridgehead atoms. The van der Waals surface area contributed by atoms with Gasteiger partial charge in [0, 0.05) is 12.6 Å². The molecule has 1 saturated heterocycles. The summed E-state index contributed by atoms with van der Waals surface area (Å²) in [6.45, 7) is 0.884. The molecule has 1 aliphatic carbocycles. The number of carbonyl (C=O) groups is 1. The van der Waals surface area contributed by atoms with E-state index in [1.54, 1.807) is 6.07 Å². The average Bonchev–Trinajstić information content (AvgIpc) is 2.46. The van der Waals surface area contributed by atoms with Crippen molar-refractivity contribution in [1.82, 2.24) is 4.90 Å². The summed E-state index contributed by atoms with van der Waals surface area (Å²) in [4.78, 5) is 14.6. The minimum Gasteiger partial charge on any atom is -0.339 e. The number of piperidine rings is 1. The van der Waals surface area contributed by atoms with Crippen LogP contribution in [0.25, 0.3) is 0 Å². The molecule has 2 nitrogen and oxygen atoms in total. The Labute approximate surface area is 120 Å². The van der Waals surface area contributed by atoms with Crippen LogP contribution in [0.2, 0.25) is 0 Å². The summed E-state index contributed by atoms with van der Waals surface area (Å²) < 4.78 is 13.2. The van der Waals surface area contributed by atoms with E-state index < -0.39 is 0 Å². The molecule has 1 saturated carbocycles. The number of benzene rings is 1. The van der Waals surface area contributed by atoms with Crippen molar-refractivity contribution in [3.05, 3.63) is 35.6 Å². The molecule has 0 N–H and O–H groups in total. The van der Waals surface area contributed by atoms with Gasteiger partial charge in [0.15, 0.2) is 0 Å². The van der Waals surface area contributed by atoms with Gasteiger partial charge in [-0.2, -0.15) is 0 Å². The van der Waals surface area contributed by atoms with Gasteiger partial charge >= 0.3 is 0 Å². The van der Waals surface area contributed by atoms with Crippen LogP contribution in [0.3, 0.4) is 0 Å². The van der Waals surface area contributed by atoms with Crippen LogP contribution in [-0.4, -0.2) is 23.4 Å². The summed E-state index contributed by atoms with van der Waals surface area (Å²) in [5, 5.41) is 0. The average molecular weight is 275 g/mol. The van der Waals surface area contributed by atoms with Gasteiger partial charge in [-0.1, -0.05) is 25.0 Å². The van der Waals surface area contributed by atoms with Crippen LogP contribution in [0.15, 0.2) is 24.3 Å². The fraction of sp³-hybridized carbons (Fsp3) is 0.588. The first-order valence-corrected chi connectivity index (χ1v) is 7.78. The molecule has 108 valence electrons. The van der Waals surface area contributed by atoms with E-state index in [1.807, 2.05) is 6.07 Å². The monoisotopic (exact) mass is 275 g/mol. The highest BCUT2D eigenvalue weighted by Crippen LogP contribution is 2.35. The van der Waals surface area contributed by atoms with Crippen molar-refractivity contribution in [1.29, 1.82) is 0 Å². The summed E-state index contributed by atoms with van der Waals surface area (Å²) in [7, 11) is 0. The minimum absolute atomic E-state index is 0.173. The van der Waals surface area contributed by atoms with E-state index >= 15 is 0 Å². The largest absolute Gasteiger partial charge is 0.339 e. The molecule has 1 aromatic carbocycles. The van der Waals surface area contributed by atoms with E-state index in [0.29, 0.717) is 18.4 Å². The zero-order valence-corrected chi connectivity index (χ0v) is 11.9. The SMILES string of the molecule is O=C(Cc1cccc(F)c1)N1CCCC2CCCCC21. The molecular formula is C17H22FNO. The van der Waals surface area contributed by atoms with Crippen LogP contribution in [0.5, 0.6) is 0 Å². The molecule has 0 radical (unpaired) electrons. The zero-order chi connectivity index (χ0) is 13.9. The Balaban J connectivity index is 1.69. The topological polar surface area (TPSA) is 20.3 Å². The van der Waals surface area contributed by atoms with Gasteiger partial charge in [-0.3, -0.25) is 4.79 Å². The molecule has 3 heteroatoms. The van der Waals surface area contributed by atoms with Gasteiger partial charge in [0.05, 0.1) is 6.42 Å². The Bertz CT molecular complexity index is 486. The van der Waals surface area contributed by atoms with Crippen LogP contribution >= 0.6 is 0 Å². The van der Waals surface area contributed by atoms with E-state index in [1.165, 1.54) is 37.8 Å². The first-order chi connectivity index (χ1) is 9.74. The van der Waals surface area contributed by atoms with Gasteiger partial charge in [-0.15, -0.1) is 0 Å². The molecule has 2 fully saturated rings. The summed E-state index contributed by atoms with van der Waals surface area (Å²) in [5.74, 6) is 0.616. The first-order valence-electron chi connectivity index (χ1n) is 7.78. The number of nitrogens with zero attached hydrogens (tertiary/aromatic N) is 1. The van der Waals surface area contributed by atoms with E-state index in [0.717, 1.165) is 24.9 Å². The van der Waals surface area contributed by atoms with Crippen LogP contribution in [0, 0.1) is 11.7 Å². The summed E-state index contributed by atoms with van der Waals surface area (Å²) in [6, 6.07) is 6.85. The predicted octanol–water partition coefficient (Wildman–Crippen LogP) is 3.55. The minimum atomic E-state index is -0.260. The molecule has 1 aliphatic heterocycles. The molecule has 2 atom stereocenters. The summed E-state index contributed by atoms with van der Waals surface area (Å²) >= 11 is 0. The van der Waals surface area contributed by atoms with Crippen LogP contribution in [0.4, 0.5) is 4.39 Å². The fourth-order valence-corrected chi connectivity index (χ4v) is 3.86. The van der Waals surface area contributed by atoms with Crippen molar-refractivity contribution in [2.45, 2.75) is 51.0 Å². The van der Waals surface area contributed by atoms with Crippen molar-refractivity contribution in [3.8, 4) is 0 Å². The number of hydrogen-bond acceptors (Lipinski definition) is 1. The lowest BCUT2D eigenvalue weighted by Gasteiger charge is -2.44. The Kier molecular flexibility index (Phi) is 4.04. The highest BCUT2D eigenvalue weighted by atomic mass is 19.1. The second-order valence-corrected chi connectivity index (χ2v) is 6.15. The third-order valence-electron chi connectivity index (χ3n) is 4.81. The van der Waals surface area contributed by atoms with Gasteiger partial charge in [0.1, 0.15) is 5.82 Å². The first kappa shape index (κ1) is 13.6. The van der Waals surface area contributed by atoms with Gasteiger partial charge < -0.3 is 4.90 Å². The highest BCUT2D eigenvalue weighted by Gasteiger charge is 2.35. The van der Waals surface area contributed by atoms with E-state index in [2.05, 4.69) is 4.90 Å². The second-order valence-electron chi connectivity index (χ2n) is 6.15. The molecule has 2 aliphatic rings. The van der Waals surface area contributed by atoms with Gasteiger partial charge in [-0.25, -0.2) is 4.39 Å². The van der Waals surface area contributed by atoms with Crippen LogP contribution in [0.1, 0.15) is 44.1 Å². The molecule has 3 rings (SSSR count). The number of halogens is 1. The van der Waals surface area contributed by atoms with E-state index in [4.69, 9.17) is 0 Å². The van der Waals surface area contributed by atoms with Crippen LogP contribution < -0.4 is 0 Å². The number of hydrogen-bond donors (Lipinski definition) is 0. The van der Waals surface area contributed by atoms with Crippen LogP contribution in [-0.2, 0) is 11.2 Å².